The Morgan fingerprint density at radius 1 is 1.50 bits per heavy atom. The molecule has 1 rings (SSSR count). The van der Waals surface area contributed by atoms with Crippen molar-refractivity contribution in [3.05, 3.63) is 20.7 Å². The van der Waals surface area contributed by atoms with Crippen molar-refractivity contribution in [3.8, 4) is 0 Å². The van der Waals surface area contributed by atoms with E-state index < -0.39 is 0 Å². The van der Waals surface area contributed by atoms with E-state index in [4.69, 9.17) is 17.0 Å². The SMILES string of the molecule is COCCCNC(=S)Nc1ncc(Br)c(C)c1Br. The maximum absolute atomic E-state index is 5.19. The first-order chi connectivity index (χ1) is 8.56. The Balaban J connectivity index is 2.52. The predicted octanol–water partition coefficient (Wildman–Crippen LogP) is 3.24. The van der Waals surface area contributed by atoms with Crippen molar-refractivity contribution in [2.24, 2.45) is 0 Å². The summed E-state index contributed by atoms with van der Waals surface area (Å²) in [5, 5.41) is 6.71. The van der Waals surface area contributed by atoms with Gasteiger partial charge in [0.1, 0.15) is 5.82 Å². The van der Waals surface area contributed by atoms with Gasteiger partial charge in [-0.25, -0.2) is 4.98 Å². The summed E-state index contributed by atoms with van der Waals surface area (Å²) in [6.07, 6.45) is 2.66. The first kappa shape index (κ1) is 15.8. The van der Waals surface area contributed by atoms with E-state index in [-0.39, 0.29) is 0 Å². The lowest BCUT2D eigenvalue weighted by Gasteiger charge is -2.12. The van der Waals surface area contributed by atoms with E-state index in [0.29, 0.717) is 10.9 Å². The van der Waals surface area contributed by atoms with Crippen molar-refractivity contribution in [3.63, 3.8) is 0 Å². The molecule has 0 aliphatic heterocycles. The van der Waals surface area contributed by atoms with Gasteiger partial charge >= 0.3 is 0 Å². The molecule has 0 aliphatic rings. The molecule has 0 saturated heterocycles. The maximum atomic E-state index is 5.19. The zero-order valence-electron chi connectivity index (χ0n) is 10.2. The molecule has 4 nitrogen and oxygen atoms in total. The number of thiocarbonyl (C=S) groups is 1. The molecule has 18 heavy (non-hydrogen) atoms. The van der Waals surface area contributed by atoms with Crippen molar-refractivity contribution in [1.82, 2.24) is 10.3 Å². The molecular formula is C11H15Br2N3OS. The van der Waals surface area contributed by atoms with Gasteiger partial charge in [0.15, 0.2) is 5.11 Å². The lowest BCUT2D eigenvalue weighted by atomic mass is 10.3. The van der Waals surface area contributed by atoms with Crippen LogP contribution < -0.4 is 10.6 Å². The zero-order chi connectivity index (χ0) is 13.5. The summed E-state index contributed by atoms with van der Waals surface area (Å²) in [6, 6.07) is 0. The molecule has 7 heteroatoms. The minimum absolute atomic E-state index is 0.557. The Bertz CT molecular complexity index is 429. The second kappa shape index (κ2) is 8.04. The topological polar surface area (TPSA) is 46.2 Å². The van der Waals surface area contributed by atoms with E-state index in [2.05, 4.69) is 47.5 Å². The molecule has 0 aromatic carbocycles. The van der Waals surface area contributed by atoms with Gasteiger partial charge in [-0.05, 0) is 63.0 Å². The van der Waals surface area contributed by atoms with Crippen molar-refractivity contribution < 1.29 is 4.74 Å². The average molecular weight is 397 g/mol. The summed E-state index contributed by atoms with van der Waals surface area (Å²) in [7, 11) is 1.68. The Kier molecular flexibility index (Phi) is 7.06. The molecule has 0 fully saturated rings. The van der Waals surface area contributed by atoms with Crippen LogP contribution in [0.1, 0.15) is 12.0 Å². The Labute approximate surface area is 129 Å². The molecule has 0 atom stereocenters. The Morgan fingerprint density at radius 3 is 2.89 bits per heavy atom. The van der Waals surface area contributed by atoms with Crippen LogP contribution in [0, 0.1) is 6.92 Å². The van der Waals surface area contributed by atoms with Gasteiger partial charge in [0.25, 0.3) is 0 Å². The van der Waals surface area contributed by atoms with Crippen molar-refractivity contribution in [2.75, 3.05) is 25.6 Å². The molecular weight excluding hydrogens is 382 g/mol. The molecule has 1 aromatic heterocycles. The molecule has 0 radical (unpaired) electrons. The summed E-state index contributed by atoms with van der Waals surface area (Å²) in [5.41, 5.74) is 1.08. The monoisotopic (exact) mass is 395 g/mol. The van der Waals surface area contributed by atoms with E-state index in [0.717, 1.165) is 34.1 Å². The van der Waals surface area contributed by atoms with Crippen LogP contribution in [0.15, 0.2) is 15.1 Å². The number of rotatable bonds is 5. The minimum Gasteiger partial charge on any atom is -0.385 e. The minimum atomic E-state index is 0.557. The number of nitrogens with zero attached hydrogens (tertiary/aromatic N) is 1. The first-order valence-corrected chi connectivity index (χ1v) is 7.40. The third-order valence-corrected chi connectivity index (χ3v) is 4.26. The molecule has 0 aliphatic carbocycles. The van der Waals surface area contributed by atoms with Crippen LogP contribution >= 0.6 is 44.1 Å². The van der Waals surface area contributed by atoms with Gasteiger partial charge in [-0.15, -0.1) is 0 Å². The van der Waals surface area contributed by atoms with E-state index in [1.165, 1.54) is 0 Å². The summed E-state index contributed by atoms with van der Waals surface area (Å²) in [6.45, 7) is 3.48. The first-order valence-electron chi connectivity index (χ1n) is 5.40. The lowest BCUT2D eigenvalue weighted by molar-refractivity contribution is 0.196. The third kappa shape index (κ3) is 4.79. The van der Waals surface area contributed by atoms with E-state index >= 15 is 0 Å². The van der Waals surface area contributed by atoms with Crippen LogP contribution in [0.4, 0.5) is 5.82 Å². The summed E-state index contributed by atoms with van der Waals surface area (Å²) in [4.78, 5) is 4.27. The second-order valence-corrected chi connectivity index (χ2v) is 5.68. The largest absolute Gasteiger partial charge is 0.385 e. The Hall–Kier alpha value is -0.240. The predicted molar refractivity (Wildman–Crippen MR) is 85.1 cm³/mol. The van der Waals surface area contributed by atoms with Gasteiger partial charge in [-0.1, -0.05) is 0 Å². The third-order valence-electron chi connectivity index (χ3n) is 2.25. The zero-order valence-corrected chi connectivity index (χ0v) is 14.2. The van der Waals surface area contributed by atoms with Crippen LogP contribution in [0.2, 0.25) is 0 Å². The van der Waals surface area contributed by atoms with Crippen LogP contribution in [-0.4, -0.2) is 30.4 Å². The molecule has 0 spiro atoms. The highest BCUT2D eigenvalue weighted by molar-refractivity contribution is 9.11. The summed E-state index contributed by atoms with van der Waals surface area (Å²) in [5.74, 6) is 0.708. The van der Waals surface area contributed by atoms with Gasteiger partial charge in [0, 0.05) is 30.9 Å². The number of pyridine rings is 1. The number of ether oxygens (including phenoxy) is 1. The molecule has 1 aromatic rings. The number of hydrogen-bond donors (Lipinski definition) is 2. The summed E-state index contributed by atoms with van der Waals surface area (Å²) >= 11 is 12.1. The highest BCUT2D eigenvalue weighted by Gasteiger charge is 2.08. The van der Waals surface area contributed by atoms with E-state index in [9.17, 15) is 0 Å². The fourth-order valence-corrected chi connectivity index (χ4v) is 2.39. The number of anilines is 1. The molecule has 0 amide bonds. The lowest BCUT2D eigenvalue weighted by Crippen LogP contribution is -2.30. The van der Waals surface area contributed by atoms with Crippen molar-refractivity contribution in [2.45, 2.75) is 13.3 Å². The Morgan fingerprint density at radius 2 is 2.22 bits per heavy atom. The van der Waals surface area contributed by atoms with Crippen LogP contribution in [0.3, 0.4) is 0 Å². The highest BCUT2D eigenvalue weighted by atomic mass is 79.9. The van der Waals surface area contributed by atoms with Gasteiger partial charge in [0.05, 0.1) is 4.47 Å². The fraction of sp³-hybridized carbons (Fsp3) is 0.455. The maximum Gasteiger partial charge on any atom is 0.171 e. The van der Waals surface area contributed by atoms with E-state index in [1.807, 2.05) is 6.92 Å². The second-order valence-electron chi connectivity index (χ2n) is 3.62. The fourth-order valence-electron chi connectivity index (χ4n) is 1.21. The molecule has 2 N–H and O–H groups in total. The highest BCUT2D eigenvalue weighted by Crippen LogP contribution is 2.29. The number of methoxy groups -OCH3 is 1. The number of aromatic nitrogens is 1. The van der Waals surface area contributed by atoms with Crippen molar-refractivity contribution >= 4 is 55.0 Å². The normalized spacial score (nSPS) is 10.2. The van der Waals surface area contributed by atoms with Crippen LogP contribution in [0.25, 0.3) is 0 Å². The summed E-state index contributed by atoms with van der Waals surface area (Å²) < 4.78 is 6.82. The molecule has 0 bridgehead atoms. The van der Waals surface area contributed by atoms with Gasteiger partial charge in [-0.3, -0.25) is 0 Å². The average Bonchev–Trinajstić information content (AvgIpc) is 2.35. The van der Waals surface area contributed by atoms with Gasteiger partial charge < -0.3 is 15.4 Å². The van der Waals surface area contributed by atoms with Crippen LogP contribution in [0.5, 0.6) is 0 Å². The quantitative estimate of drug-likeness (QED) is 0.590. The number of halogens is 2. The van der Waals surface area contributed by atoms with E-state index in [1.54, 1.807) is 13.3 Å². The standard InChI is InChI=1S/C11H15Br2N3OS/c1-7-8(12)6-15-10(9(7)13)16-11(18)14-4-3-5-17-2/h6H,3-5H2,1-2H3,(H2,14,15,16,18). The van der Waals surface area contributed by atoms with Gasteiger partial charge in [-0.2, -0.15) is 0 Å². The van der Waals surface area contributed by atoms with Crippen LogP contribution in [-0.2, 0) is 4.74 Å². The van der Waals surface area contributed by atoms with Crippen molar-refractivity contribution in [1.29, 1.82) is 0 Å². The molecule has 100 valence electrons. The smallest absolute Gasteiger partial charge is 0.171 e. The number of nitrogens with one attached hydrogen (secondary N) is 2. The number of hydrogen-bond acceptors (Lipinski definition) is 3. The molecule has 1 heterocycles. The molecule has 0 unspecified atom stereocenters. The van der Waals surface area contributed by atoms with Gasteiger partial charge in [0.2, 0.25) is 0 Å². The molecule has 0 saturated carbocycles.